The van der Waals surface area contributed by atoms with Crippen LogP contribution in [0.25, 0.3) is 0 Å². The largest absolute Gasteiger partial charge is 1.00 e. The summed E-state index contributed by atoms with van der Waals surface area (Å²) in [4.78, 5) is 29.1. The van der Waals surface area contributed by atoms with E-state index >= 15 is 0 Å². The van der Waals surface area contributed by atoms with E-state index in [2.05, 4.69) is 97.1 Å². The Bertz CT molecular complexity index is 3240. The average molecular weight is 1300 g/mol. The fourth-order valence-corrected chi connectivity index (χ4v) is 10.2. The number of hydrogen-bond donors (Lipinski definition) is 0. The fourth-order valence-electron chi connectivity index (χ4n) is 10.2. The predicted octanol–water partition coefficient (Wildman–Crippen LogP) is 8.03. The summed E-state index contributed by atoms with van der Waals surface area (Å²) in [6.45, 7) is 0. The number of benzene rings is 4. The van der Waals surface area contributed by atoms with Crippen molar-refractivity contribution in [1.82, 2.24) is 9.97 Å². The van der Waals surface area contributed by atoms with E-state index in [-0.39, 0.29) is 93.3 Å². The molecule has 0 spiro atoms. The number of pyridine rings is 2. The summed E-state index contributed by atoms with van der Waals surface area (Å²) in [5.74, 6) is 2.46. The molecule has 0 bridgehead atoms. The Balaban J connectivity index is 0.000000146. The van der Waals surface area contributed by atoms with Gasteiger partial charge in [0.15, 0.2) is 20.2 Å². The second kappa shape index (κ2) is 21.9. The van der Waals surface area contributed by atoms with E-state index in [1.54, 1.807) is 0 Å². The van der Waals surface area contributed by atoms with E-state index < -0.39 is 31.3 Å². The molecule has 0 radical (unpaired) electrons. The number of alkyl halides is 6. The minimum Gasteiger partial charge on any atom is -0.741 e. The Kier molecular flexibility index (Phi) is 15.9. The van der Waals surface area contributed by atoms with Gasteiger partial charge in [-0.25, -0.2) is 46.8 Å². The zero-order valence-electron chi connectivity index (χ0n) is 39.6. The van der Waals surface area contributed by atoms with E-state index in [0.717, 1.165) is 48.5 Å². The Labute approximate surface area is 472 Å². The van der Waals surface area contributed by atoms with Crippen molar-refractivity contribution < 1.29 is 116 Å². The van der Waals surface area contributed by atoms with Gasteiger partial charge in [-0.15, -0.1) is 0 Å². The van der Waals surface area contributed by atoms with Crippen LogP contribution in [0.2, 0.25) is 0 Å². The van der Waals surface area contributed by atoms with E-state index in [4.69, 9.17) is 74.8 Å². The number of nitrogens with zero attached hydrogens (tertiary/aromatic N) is 6. The van der Waals surface area contributed by atoms with E-state index in [9.17, 15) is 26.3 Å². The van der Waals surface area contributed by atoms with Crippen LogP contribution >= 0.6 is 0 Å². The summed E-state index contributed by atoms with van der Waals surface area (Å²) >= 11 is 0. The first-order chi connectivity index (χ1) is 36.2. The van der Waals surface area contributed by atoms with Gasteiger partial charge in [0.1, 0.15) is 71.4 Å². The number of aromatic nitrogens is 2. The second-order valence-corrected chi connectivity index (χ2v) is 21.1. The molecule has 14 rings (SSSR count). The summed E-state index contributed by atoms with van der Waals surface area (Å²) in [5.41, 5.74) is 2.06. The van der Waals surface area contributed by atoms with Gasteiger partial charge in [0.25, 0.3) is 0 Å². The topological polar surface area (TPSA) is 227 Å². The summed E-state index contributed by atoms with van der Waals surface area (Å²) in [6.07, 6.45) is 3.85. The Hall–Kier alpha value is -6.06. The van der Waals surface area contributed by atoms with E-state index in [0.29, 0.717) is 23.6 Å². The Morgan fingerprint density at radius 3 is 0.782 bits per heavy atom. The van der Waals surface area contributed by atoms with Gasteiger partial charge in [0, 0.05) is 25.7 Å². The maximum Gasteiger partial charge on any atom is 1.00 e. The minimum atomic E-state index is -6.09. The molecule has 0 fully saturated rings. The maximum atomic E-state index is 10.7. The zero-order valence-corrected chi connectivity index (χ0v) is 44.2. The summed E-state index contributed by atoms with van der Waals surface area (Å²) in [5, 5.41) is 0. The third-order valence-electron chi connectivity index (χ3n) is 13.6. The van der Waals surface area contributed by atoms with Crippen LogP contribution in [0.3, 0.4) is 0 Å². The molecule has 6 heterocycles. The molecule has 6 aromatic rings. The van der Waals surface area contributed by atoms with Crippen LogP contribution < -0.4 is 0 Å². The van der Waals surface area contributed by atoms with Gasteiger partial charge in [-0.3, -0.25) is 0 Å². The molecule has 16 nitrogen and oxygen atoms in total. The molecule has 0 unspecified atom stereocenters. The maximum absolute atomic E-state index is 10.7. The number of ether oxygens (including phenoxy) is 4. The van der Waals surface area contributed by atoms with Gasteiger partial charge < -0.3 is 28.1 Å². The quantitative estimate of drug-likeness (QED) is 0.0708. The van der Waals surface area contributed by atoms with E-state index in [1.807, 2.05) is 36.4 Å². The van der Waals surface area contributed by atoms with Gasteiger partial charge in [0.05, 0.1) is 0 Å². The van der Waals surface area contributed by atoms with Crippen LogP contribution in [0.1, 0.15) is 91.5 Å². The van der Waals surface area contributed by atoms with Gasteiger partial charge in [-0.1, -0.05) is 109 Å². The number of hydrogen-bond acceptors (Lipinski definition) is 16. The smallest absolute Gasteiger partial charge is 0.741 e. The molecule has 0 saturated carbocycles. The molecule has 0 N–H and O–H groups in total. The van der Waals surface area contributed by atoms with Crippen molar-refractivity contribution in [3.05, 3.63) is 201 Å². The van der Waals surface area contributed by atoms with Crippen molar-refractivity contribution in [3.8, 4) is 0 Å². The monoisotopic (exact) mass is 1300 g/mol. The molecule has 4 aromatic carbocycles. The number of rotatable bonds is 4. The van der Waals surface area contributed by atoms with E-state index in [1.165, 1.54) is 44.5 Å². The summed E-state index contributed by atoms with van der Waals surface area (Å²) < 4.78 is 143. The fraction of sp³-hybridized carbons (Fsp3) is 0.269. The molecule has 412 valence electrons. The molecule has 0 amide bonds. The molecule has 8 aliphatic rings. The minimum absolute atomic E-state index is 0. The van der Waals surface area contributed by atoms with Gasteiger partial charge in [0.2, 0.25) is 23.6 Å². The molecule has 4 aliphatic heterocycles. The molecule has 78 heavy (non-hydrogen) atoms. The normalized spacial score (nSPS) is 23.9. The van der Waals surface area contributed by atoms with Gasteiger partial charge >= 0.3 is 55.8 Å². The predicted molar refractivity (Wildman–Crippen MR) is 257 cm³/mol. The molecule has 8 atom stereocenters. The zero-order chi connectivity index (χ0) is 53.3. The first kappa shape index (κ1) is 56.7. The molecule has 0 saturated heterocycles. The van der Waals surface area contributed by atoms with Crippen LogP contribution in [0.5, 0.6) is 0 Å². The van der Waals surface area contributed by atoms with Crippen molar-refractivity contribution in [2.45, 2.75) is 85.3 Å². The third-order valence-corrected chi connectivity index (χ3v) is 14.7. The average Bonchev–Trinajstić information content (AvgIpc) is 4.30. The van der Waals surface area contributed by atoms with Crippen molar-refractivity contribution in [1.29, 1.82) is 0 Å². The van der Waals surface area contributed by atoms with Gasteiger partial charge in [-0.05, 0) is 68.8 Å². The van der Waals surface area contributed by atoms with Crippen molar-refractivity contribution >= 4 is 43.8 Å². The van der Waals surface area contributed by atoms with Crippen LogP contribution in [-0.2, 0) is 110 Å². The van der Waals surface area contributed by atoms with Crippen molar-refractivity contribution in [2.24, 2.45) is 20.0 Å². The molecular formula is C52H38Ag2F6N6O10S2. The Morgan fingerprint density at radius 1 is 0.372 bits per heavy atom. The number of fused-ring (bicyclic) bond motifs is 12. The number of aliphatic imine (C=N–C) groups is 4. The second-order valence-electron chi connectivity index (χ2n) is 18.4. The standard InChI is InChI=1S/2C25H19N3O2.2CHF3O3S.2Ag/c2*1-3-8-16-14(6-1)12-20-22(16)27-24(29-20)18-10-5-11-19(26-18)25-28-23-17-9-4-2-7-15(17)13-21(23)30-25;2*2-1(3,4)8(5,6)7;;/h2*1-11,20-23H,12-13H2;2*(H,5,6,7);;/q;;;;2*+1/p-2/t2*20-,21-,22+,23+;;;;/m11..../s1. The molecule has 26 heteroatoms. The van der Waals surface area contributed by atoms with Crippen LogP contribution in [0.15, 0.2) is 153 Å². The van der Waals surface area contributed by atoms with Crippen LogP contribution in [-0.4, -0.2) is 94.9 Å². The summed E-state index contributed by atoms with van der Waals surface area (Å²) in [6, 6.07) is 45.8. The number of halogens is 6. The molecule has 2 aromatic heterocycles. The van der Waals surface area contributed by atoms with Crippen molar-refractivity contribution in [3.63, 3.8) is 0 Å². The first-order valence-corrected chi connectivity index (χ1v) is 26.3. The SMILES string of the molecule is O=S(=O)([O-])C(F)(F)F.O=S(=O)([O-])C(F)(F)F.[Ag+].[Ag+].c1cc(C2=N[C@H]3c4ccccc4C[C@H]3O2)nc(C2=N[C@H]3c4ccccc4C[C@H]3O2)c1.c1cc(C2=N[C@H]3c4ccccc4C[C@H]3O2)nc(C2=N[C@H]3c4ccccc4C[C@H]3O2)c1. The van der Waals surface area contributed by atoms with Crippen LogP contribution in [0.4, 0.5) is 26.3 Å². The molecular weight excluding hydrogens is 1260 g/mol. The Morgan fingerprint density at radius 2 is 0.577 bits per heavy atom. The first-order valence-electron chi connectivity index (χ1n) is 23.5. The third kappa shape index (κ3) is 11.2. The summed E-state index contributed by atoms with van der Waals surface area (Å²) in [7, 11) is -12.2. The molecule has 4 aliphatic carbocycles. The van der Waals surface area contributed by atoms with Crippen LogP contribution in [0, 0.1) is 0 Å². The van der Waals surface area contributed by atoms with Crippen molar-refractivity contribution in [2.75, 3.05) is 0 Å². The van der Waals surface area contributed by atoms with Gasteiger partial charge in [-0.2, -0.15) is 26.3 Å².